The van der Waals surface area contributed by atoms with E-state index in [0.717, 1.165) is 12.8 Å². The van der Waals surface area contributed by atoms with Gasteiger partial charge in [0.05, 0.1) is 5.75 Å². The van der Waals surface area contributed by atoms with Gasteiger partial charge in [-0.05, 0) is 24.0 Å². The first-order valence-corrected chi connectivity index (χ1v) is 9.04. The maximum Gasteiger partial charge on any atom is 0.320 e. The molecule has 0 radical (unpaired) electrons. The molecule has 0 aromatic heterocycles. The van der Waals surface area contributed by atoms with E-state index >= 15 is 0 Å². The van der Waals surface area contributed by atoms with Gasteiger partial charge in [-0.2, -0.15) is 0 Å². The van der Waals surface area contributed by atoms with Crippen LogP contribution in [0.1, 0.15) is 42.7 Å². The third-order valence-corrected chi connectivity index (χ3v) is 5.38. The molecule has 0 aliphatic rings. The second-order valence-electron chi connectivity index (χ2n) is 5.39. The molecular weight excluding hydrogens is 304 g/mol. The van der Waals surface area contributed by atoms with Crippen molar-refractivity contribution in [2.24, 2.45) is 11.5 Å². The number of unbranched alkanes of at least 4 members (excludes halogenated alkanes) is 2. The van der Waals surface area contributed by atoms with Gasteiger partial charge >= 0.3 is 5.97 Å². The molecule has 7 heteroatoms. The van der Waals surface area contributed by atoms with Gasteiger partial charge in [0.1, 0.15) is 11.4 Å². The lowest BCUT2D eigenvalue weighted by Crippen LogP contribution is -2.32. The van der Waals surface area contributed by atoms with Gasteiger partial charge in [0, 0.05) is 0 Å². The zero-order valence-electron chi connectivity index (χ0n) is 12.7. The van der Waals surface area contributed by atoms with Crippen LogP contribution in [-0.4, -0.2) is 31.3 Å². The smallest absolute Gasteiger partial charge is 0.320 e. The molecule has 1 aromatic carbocycles. The zero-order valence-corrected chi connectivity index (χ0v) is 13.6. The Morgan fingerprint density at radius 3 is 2.55 bits per heavy atom. The van der Waals surface area contributed by atoms with E-state index in [1.807, 2.05) is 6.92 Å². The number of sulfone groups is 1. The lowest BCUT2D eigenvalue weighted by Gasteiger charge is -2.15. The molecule has 0 bridgehead atoms. The second kappa shape index (κ2) is 8.26. The first-order chi connectivity index (χ1) is 10.3. The minimum Gasteiger partial charge on any atom is -0.480 e. The molecular formula is C15H24N2O4S. The summed E-state index contributed by atoms with van der Waals surface area (Å²) < 4.78 is 24.4. The van der Waals surface area contributed by atoms with Crippen molar-refractivity contribution >= 4 is 15.8 Å². The molecule has 1 rings (SSSR count). The standard InChI is InChI=1S/C15H24N2O4S/c1-2-3-4-8-22(20,21)14(17)12-7-5-6-11(9-12)10-13(16)15(18)19/h5-7,9,13-14H,2-4,8,10,16-17H2,1H3,(H,18,19). The first kappa shape index (κ1) is 18.6. The Hall–Kier alpha value is -1.44. The second-order valence-corrected chi connectivity index (χ2v) is 7.63. The largest absolute Gasteiger partial charge is 0.480 e. The highest BCUT2D eigenvalue weighted by Crippen LogP contribution is 2.20. The van der Waals surface area contributed by atoms with Crippen molar-refractivity contribution in [3.05, 3.63) is 35.4 Å². The normalized spacial score (nSPS) is 14.5. The summed E-state index contributed by atoms with van der Waals surface area (Å²) in [6.07, 6.45) is 2.51. The van der Waals surface area contributed by atoms with E-state index in [1.165, 1.54) is 0 Å². The average molecular weight is 328 g/mol. The van der Waals surface area contributed by atoms with Gasteiger partial charge in [-0.3, -0.25) is 4.79 Å². The molecule has 1 aromatic rings. The van der Waals surface area contributed by atoms with E-state index in [9.17, 15) is 13.2 Å². The molecule has 0 fully saturated rings. The molecule has 5 N–H and O–H groups in total. The Labute approximate surface area is 131 Å². The number of hydrogen-bond acceptors (Lipinski definition) is 5. The van der Waals surface area contributed by atoms with Crippen LogP contribution in [0.25, 0.3) is 0 Å². The van der Waals surface area contributed by atoms with E-state index < -0.39 is 27.2 Å². The molecule has 0 aliphatic heterocycles. The van der Waals surface area contributed by atoms with Crippen molar-refractivity contribution in [1.29, 1.82) is 0 Å². The number of carboxylic acids is 1. The monoisotopic (exact) mass is 328 g/mol. The lowest BCUT2D eigenvalue weighted by atomic mass is 10.0. The Bertz CT molecular complexity index is 601. The number of rotatable bonds is 9. The van der Waals surface area contributed by atoms with E-state index in [2.05, 4.69) is 0 Å². The summed E-state index contributed by atoms with van der Waals surface area (Å²) in [6.45, 7) is 2.00. The molecule has 6 nitrogen and oxygen atoms in total. The predicted octanol–water partition coefficient (Wildman–Crippen LogP) is 1.20. The van der Waals surface area contributed by atoms with Gasteiger partial charge in [0.2, 0.25) is 0 Å². The van der Waals surface area contributed by atoms with Crippen molar-refractivity contribution in [2.45, 2.75) is 44.0 Å². The fourth-order valence-electron chi connectivity index (χ4n) is 2.13. The van der Waals surface area contributed by atoms with Gasteiger partial charge in [-0.15, -0.1) is 0 Å². The highest BCUT2D eigenvalue weighted by atomic mass is 32.2. The topological polar surface area (TPSA) is 123 Å². The highest BCUT2D eigenvalue weighted by Gasteiger charge is 2.23. The van der Waals surface area contributed by atoms with Crippen LogP contribution in [-0.2, 0) is 21.1 Å². The number of hydrogen-bond donors (Lipinski definition) is 3. The summed E-state index contributed by atoms with van der Waals surface area (Å²) in [5, 5.41) is 7.73. The third-order valence-electron chi connectivity index (χ3n) is 3.47. The first-order valence-electron chi connectivity index (χ1n) is 7.32. The third kappa shape index (κ3) is 5.40. The molecule has 0 heterocycles. The van der Waals surface area contributed by atoms with Gasteiger partial charge in [-0.1, -0.05) is 44.0 Å². The summed E-state index contributed by atoms with van der Waals surface area (Å²) in [7, 11) is -3.42. The van der Waals surface area contributed by atoms with E-state index in [1.54, 1.807) is 24.3 Å². The van der Waals surface area contributed by atoms with Crippen molar-refractivity contribution in [3.8, 4) is 0 Å². The number of aliphatic carboxylic acids is 1. The summed E-state index contributed by atoms with van der Waals surface area (Å²) in [4.78, 5) is 10.8. The van der Waals surface area contributed by atoms with E-state index in [-0.39, 0.29) is 12.2 Å². The van der Waals surface area contributed by atoms with Crippen LogP contribution in [0.15, 0.2) is 24.3 Å². The Morgan fingerprint density at radius 2 is 1.95 bits per heavy atom. The molecule has 0 saturated heterocycles. The van der Waals surface area contributed by atoms with Crippen LogP contribution >= 0.6 is 0 Å². The molecule has 0 spiro atoms. The summed E-state index contributed by atoms with van der Waals surface area (Å²) in [6, 6.07) is 5.61. The van der Waals surface area contributed by atoms with Crippen LogP contribution in [0.4, 0.5) is 0 Å². The lowest BCUT2D eigenvalue weighted by molar-refractivity contribution is -0.138. The van der Waals surface area contributed by atoms with Crippen molar-refractivity contribution in [3.63, 3.8) is 0 Å². The van der Waals surface area contributed by atoms with E-state index in [0.29, 0.717) is 17.5 Å². The number of carboxylic acid groups (broad SMARTS) is 1. The highest BCUT2D eigenvalue weighted by molar-refractivity contribution is 7.91. The number of benzene rings is 1. The van der Waals surface area contributed by atoms with Crippen LogP contribution in [0, 0.1) is 0 Å². The average Bonchev–Trinajstić information content (AvgIpc) is 2.46. The van der Waals surface area contributed by atoms with Crippen molar-refractivity contribution in [2.75, 3.05) is 5.75 Å². The van der Waals surface area contributed by atoms with Crippen LogP contribution in [0.2, 0.25) is 0 Å². The minimum atomic E-state index is -3.42. The van der Waals surface area contributed by atoms with Crippen LogP contribution in [0.3, 0.4) is 0 Å². The predicted molar refractivity (Wildman–Crippen MR) is 86.0 cm³/mol. The Balaban J connectivity index is 2.85. The SMILES string of the molecule is CCCCCS(=O)(=O)C(N)c1cccc(CC(N)C(=O)O)c1. The zero-order chi connectivity index (χ0) is 16.8. The molecule has 124 valence electrons. The molecule has 2 atom stereocenters. The maximum absolute atomic E-state index is 12.2. The van der Waals surface area contributed by atoms with Crippen LogP contribution in [0.5, 0.6) is 0 Å². The van der Waals surface area contributed by atoms with Gasteiger partial charge < -0.3 is 16.6 Å². The van der Waals surface area contributed by atoms with Crippen molar-refractivity contribution < 1.29 is 18.3 Å². The Morgan fingerprint density at radius 1 is 1.27 bits per heavy atom. The fourth-order valence-corrected chi connectivity index (χ4v) is 3.55. The molecule has 0 saturated carbocycles. The van der Waals surface area contributed by atoms with Crippen LogP contribution < -0.4 is 11.5 Å². The fraction of sp³-hybridized carbons (Fsp3) is 0.533. The molecule has 0 aliphatic carbocycles. The summed E-state index contributed by atoms with van der Waals surface area (Å²) >= 11 is 0. The summed E-state index contributed by atoms with van der Waals surface area (Å²) in [5.41, 5.74) is 12.5. The van der Waals surface area contributed by atoms with Gasteiger partial charge in [0.25, 0.3) is 0 Å². The number of nitrogens with two attached hydrogens (primary N) is 2. The molecule has 2 unspecified atom stereocenters. The number of carbonyl (C=O) groups is 1. The Kier molecular flexibility index (Phi) is 6.99. The maximum atomic E-state index is 12.2. The quantitative estimate of drug-likeness (QED) is 0.585. The van der Waals surface area contributed by atoms with Gasteiger partial charge in [-0.25, -0.2) is 8.42 Å². The molecule has 0 amide bonds. The van der Waals surface area contributed by atoms with Crippen molar-refractivity contribution in [1.82, 2.24) is 0 Å². The van der Waals surface area contributed by atoms with E-state index in [4.69, 9.17) is 16.6 Å². The summed E-state index contributed by atoms with van der Waals surface area (Å²) in [5.74, 6) is -1.04. The minimum absolute atomic E-state index is 0.0564. The van der Waals surface area contributed by atoms with Gasteiger partial charge in [0.15, 0.2) is 9.84 Å². The molecule has 22 heavy (non-hydrogen) atoms.